The molecule has 0 radical (unpaired) electrons. The second-order valence-electron chi connectivity index (χ2n) is 5.42. The van der Waals surface area contributed by atoms with Crippen LogP contribution in [0.1, 0.15) is 11.1 Å². The molecule has 3 amide bonds. The molecule has 0 saturated heterocycles. The summed E-state index contributed by atoms with van der Waals surface area (Å²) in [6.07, 6.45) is 1.50. The van der Waals surface area contributed by atoms with Gasteiger partial charge in [0.25, 0.3) is 0 Å². The third-order valence-corrected chi connectivity index (χ3v) is 3.36. The number of carbonyl (C=O) groups excluding carboxylic acids is 2. The van der Waals surface area contributed by atoms with Crippen molar-refractivity contribution in [1.29, 1.82) is 0 Å². The highest BCUT2D eigenvalue weighted by Crippen LogP contribution is 2.17. The molecule has 122 valence electrons. The van der Waals surface area contributed by atoms with Gasteiger partial charge in [-0.2, -0.15) is 0 Å². The molecule has 2 rings (SSSR count). The molecule has 0 atom stereocenters. The van der Waals surface area contributed by atoms with Gasteiger partial charge >= 0.3 is 6.03 Å². The number of nitrogens with one attached hydrogen (secondary N) is 2. The Labute approximate surface area is 134 Å². The third kappa shape index (κ3) is 4.29. The molecule has 0 spiro atoms. The second kappa shape index (κ2) is 6.91. The Bertz CT molecular complexity index is 723. The van der Waals surface area contributed by atoms with Crippen LogP contribution in [0, 0.1) is 13.8 Å². The summed E-state index contributed by atoms with van der Waals surface area (Å²) in [6.45, 7) is 3.95. The van der Waals surface area contributed by atoms with E-state index in [9.17, 15) is 9.59 Å². The van der Waals surface area contributed by atoms with Crippen LogP contribution in [0.5, 0.6) is 0 Å². The van der Waals surface area contributed by atoms with E-state index in [2.05, 4.69) is 20.9 Å². The minimum atomic E-state index is -0.308. The lowest BCUT2D eigenvalue weighted by molar-refractivity contribution is -0.116. The molecule has 2 aromatic rings. The van der Waals surface area contributed by atoms with Gasteiger partial charge in [0.05, 0.1) is 6.20 Å². The highest BCUT2D eigenvalue weighted by atomic mass is 16.2. The Morgan fingerprint density at radius 3 is 2.65 bits per heavy atom. The zero-order valence-corrected chi connectivity index (χ0v) is 13.6. The van der Waals surface area contributed by atoms with Crippen LogP contribution >= 0.6 is 0 Å². The van der Waals surface area contributed by atoms with Crippen LogP contribution in [0.4, 0.5) is 16.3 Å². The van der Waals surface area contributed by atoms with E-state index in [0.717, 1.165) is 16.8 Å². The highest BCUT2D eigenvalue weighted by molar-refractivity contribution is 5.91. The number of benzene rings is 1. The number of nitrogens with zero attached hydrogens (tertiary/aromatic N) is 4. The topological polar surface area (TPSA) is 92.2 Å². The van der Waals surface area contributed by atoms with Crippen molar-refractivity contribution in [3.63, 3.8) is 0 Å². The van der Waals surface area contributed by atoms with E-state index in [1.165, 1.54) is 15.8 Å². The van der Waals surface area contributed by atoms with E-state index < -0.39 is 0 Å². The Balaban J connectivity index is 1.97. The van der Waals surface area contributed by atoms with E-state index in [0.29, 0.717) is 5.82 Å². The van der Waals surface area contributed by atoms with E-state index in [-0.39, 0.29) is 18.5 Å². The summed E-state index contributed by atoms with van der Waals surface area (Å²) in [5.41, 5.74) is 2.91. The first-order chi connectivity index (χ1) is 10.9. The minimum Gasteiger partial charge on any atom is -0.331 e. The third-order valence-electron chi connectivity index (χ3n) is 3.36. The van der Waals surface area contributed by atoms with Gasteiger partial charge in [-0.3, -0.25) is 10.1 Å². The molecule has 0 aliphatic heterocycles. The Morgan fingerprint density at radius 2 is 1.96 bits per heavy atom. The molecule has 0 fully saturated rings. The maximum Gasteiger partial charge on any atom is 0.322 e. The number of amides is 3. The van der Waals surface area contributed by atoms with Crippen LogP contribution < -0.4 is 10.6 Å². The van der Waals surface area contributed by atoms with Gasteiger partial charge in [0.1, 0.15) is 6.54 Å². The summed E-state index contributed by atoms with van der Waals surface area (Å²) >= 11 is 0. The molecule has 1 aromatic carbocycles. The van der Waals surface area contributed by atoms with Crippen molar-refractivity contribution < 1.29 is 9.59 Å². The molecule has 0 unspecified atom stereocenters. The molecule has 0 aliphatic rings. The van der Waals surface area contributed by atoms with Crippen LogP contribution in [0.3, 0.4) is 0 Å². The molecule has 8 heteroatoms. The molecule has 23 heavy (non-hydrogen) atoms. The van der Waals surface area contributed by atoms with Gasteiger partial charge in [0, 0.05) is 19.8 Å². The number of hydrogen-bond acceptors (Lipinski definition) is 4. The fourth-order valence-corrected chi connectivity index (χ4v) is 1.88. The molecular weight excluding hydrogens is 296 g/mol. The number of urea groups is 1. The molecule has 1 heterocycles. The van der Waals surface area contributed by atoms with Crippen molar-refractivity contribution in [3.8, 4) is 0 Å². The van der Waals surface area contributed by atoms with Crippen LogP contribution in [-0.2, 0) is 11.3 Å². The highest BCUT2D eigenvalue weighted by Gasteiger charge is 2.10. The van der Waals surface area contributed by atoms with Gasteiger partial charge in [0.2, 0.25) is 5.91 Å². The molecule has 2 N–H and O–H groups in total. The molecule has 0 bridgehead atoms. The van der Waals surface area contributed by atoms with Gasteiger partial charge in [-0.25, -0.2) is 9.48 Å². The number of carbonyl (C=O) groups is 2. The quantitative estimate of drug-likeness (QED) is 0.896. The van der Waals surface area contributed by atoms with Crippen molar-refractivity contribution in [2.75, 3.05) is 24.7 Å². The van der Waals surface area contributed by atoms with Crippen molar-refractivity contribution in [1.82, 2.24) is 19.9 Å². The lowest BCUT2D eigenvalue weighted by atomic mass is 10.1. The van der Waals surface area contributed by atoms with Crippen molar-refractivity contribution in [3.05, 3.63) is 35.5 Å². The summed E-state index contributed by atoms with van der Waals surface area (Å²) in [7, 11) is 3.24. The van der Waals surface area contributed by atoms with Crippen molar-refractivity contribution >= 4 is 23.4 Å². The largest absolute Gasteiger partial charge is 0.331 e. The van der Waals surface area contributed by atoms with E-state index >= 15 is 0 Å². The molecule has 0 saturated carbocycles. The maximum atomic E-state index is 12.1. The van der Waals surface area contributed by atoms with E-state index in [4.69, 9.17) is 0 Å². The maximum absolute atomic E-state index is 12.1. The molecule has 0 aliphatic carbocycles. The Hall–Kier alpha value is -2.90. The van der Waals surface area contributed by atoms with Crippen LogP contribution in [0.15, 0.2) is 24.4 Å². The fourth-order valence-electron chi connectivity index (χ4n) is 1.88. The lowest BCUT2D eigenvalue weighted by Crippen LogP contribution is -2.27. The summed E-state index contributed by atoms with van der Waals surface area (Å²) in [5, 5.41) is 13.0. The predicted molar refractivity (Wildman–Crippen MR) is 87.3 cm³/mol. The van der Waals surface area contributed by atoms with E-state index in [1.807, 2.05) is 32.0 Å². The van der Waals surface area contributed by atoms with Crippen molar-refractivity contribution in [2.45, 2.75) is 20.4 Å². The molecular formula is C15H20N6O2. The van der Waals surface area contributed by atoms with Gasteiger partial charge < -0.3 is 10.2 Å². The number of aryl methyl sites for hydroxylation is 1. The van der Waals surface area contributed by atoms with Gasteiger partial charge in [0.15, 0.2) is 5.82 Å². The zero-order valence-electron chi connectivity index (χ0n) is 13.6. The summed E-state index contributed by atoms with van der Waals surface area (Å²) < 4.78 is 1.37. The van der Waals surface area contributed by atoms with Crippen LogP contribution in [-0.4, -0.2) is 45.9 Å². The SMILES string of the molecule is Cc1cccc(NC(=O)Cn2cc(NC(=O)N(C)C)nn2)c1C. The first kappa shape index (κ1) is 16.5. The summed E-state index contributed by atoms with van der Waals surface area (Å²) in [6, 6.07) is 5.42. The zero-order chi connectivity index (χ0) is 17.0. The average molecular weight is 316 g/mol. The Morgan fingerprint density at radius 1 is 1.22 bits per heavy atom. The first-order valence-corrected chi connectivity index (χ1v) is 7.11. The van der Waals surface area contributed by atoms with Crippen LogP contribution in [0.2, 0.25) is 0 Å². The first-order valence-electron chi connectivity index (χ1n) is 7.11. The minimum absolute atomic E-state index is 0.0121. The van der Waals surface area contributed by atoms with Crippen molar-refractivity contribution in [2.24, 2.45) is 0 Å². The number of aromatic nitrogens is 3. The standard InChI is InChI=1S/C15H20N6O2/c1-10-6-5-7-12(11(10)2)16-14(22)9-21-8-13(18-19-21)17-15(23)20(3)4/h5-8H,9H2,1-4H3,(H,16,22)(H,17,23). The van der Waals surface area contributed by atoms with Gasteiger partial charge in [-0.1, -0.05) is 17.3 Å². The van der Waals surface area contributed by atoms with Gasteiger partial charge in [-0.05, 0) is 31.0 Å². The number of hydrogen-bond donors (Lipinski definition) is 2. The predicted octanol–water partition coefficient (Wildman–Crippen LogP) is 1.63. The number of rotatable bonds is 4. The summed E-state index contributed by atoms with van der Waals surface area (Å²) in [4.78, 5) is 25.0. The van der Waals surface area contributed by atoms with Crippen LogP contribution in [0.25, 0.3) is 0 Å². The lowest BCUT2D eigenvalue weighted by Gasteiger charge is -2.10. The number of anilines is 2. The Kier molecular flexibility index (Phi) is 4.95. The van der Waals surface area contributed by atoms with Gasteiger partial charge in [-0.15, -0.1) is 5.10 Å². The monoisotopic (exact) mass is 316 g/mol. The molecule has 1 aromatic heterocycles. The average Bonchev–Trinajstić information content (AvgIpc) is 2.90. The van der Waals surface area contributed by atoms with E-state index in [1.54, 1.807) is 14.1 Å². The fraction of sp³-hybridized carbons (Fsp3) is 0.333. The molecule has 8 nitrogen and oxygen atoms in total. The summed E-state index contributed by atoms with van der Waals surface area (Å²) in [5.74, 6) is 0.0809. The normalized spacial score (nSPS) is 10.3. The second-order valence-corrected chi connectivity index (χ2v) is 5.42. The smallest absolute Gasteiger partial charge is 0.322 e.